The van der Waals surface area contributed by atoms with Crippen molar-refractivity contribution in [2.24, 2.45) is 40.4 Å². The summed E-state index contributed by atoms with van der Waals surface area (Å²) >= 11 is 0. The lowest BCUT2D eigenvalue weighted by Crippen LogP contribution is -2.50. The van der Waals surface area contributed by atoms with Gasteiger partial charge in [0.25, 0.3) is 0 Å². The van der Waals surface area contributed by atoms with E-state index in [4.69, 9.17) is 0 Å². The van der Waals surface area contributed by atoms with Crippen molar-refractivity contribution < 1.29 is 10.2 Å². The van der Waals surface area contributed by atoms with Crippen LogP contribution in [0.3, 0.4) is 0 Å². The summed E-state index contributed by atoms with van der Waals surface area (Å²) in [6.07, 6.45) is 17.1. The highest BCUT2D eigenvalue weighted by Crippen LogP contribution is 2.67. The lowest BCUT2D eigenvalue weighted by atomic mass is 9.47. The molecule has 0 saturated heterocycles. The molecule has 4 aliphatic rings. The second kappa shape index (κ2) is 8.15. The molecule has 2 N–H and O–H groups in total. The molecular weight excluding hydrogens is 356 g/mol. The van der Waals surface area contributed by atoms with Crippen molar-refractivity contribution >= 4 is 0 Å². The van der Waals surface area contributed by atoms with Crippen LogP contribution in [-0.2, 0) is 0 Å². The highest BCUT2D eigenvalue weighted by molar-refractivity contribution is 5.25. The fraction of sp³-hybridized carbons (Fsp3) is 0.852. The van der Waals surface area contributed by atoms with Crippen molar-refractivity contribution in [3.8, 4) is 0 Å². The van der Waals surface area contributed by atoms with E-state index in [1.165, 1.54) is 44.9 Å². The molecule has 0 aliphatic heterocycles. The molecule has 0 spiro atoms. The van der Waals surface area contributed by atoms with E-state index in [-0.39, 0.29) is 12.7 Å². The molecule has 0 heterocycles. The molecule has 4 rings (SSSR count). The first kappa shape index (κ1) is 21.6. The topological polar surface area (TPSA) is 40.5 Å². The molecule has 1 unspecified atom stereocenters. The molecule has 2 nitrogen and oxygen atoms in total. The standard InChI is InChI=1S/C27H44O2/c1-18(17-28)6-5-7-19(2)23-10-11-24-22-9-8-20-16-21(29)12-14-26(20,3)25(22)13-15-27(23,24)4/h6,8,19,21-25,28-29H,5,7,9-17H2,1-4H3/b18-6-/t19-,21?,22+,23-,24+,25+,26+,27-/m1/s1. The first-order valence-corrected chi connectivity index (χ1v) is 12.4. The first-order valence-electron chi connectivity index (χ1n) is 12.4. The van der Waals surface area contributed by atoms with Crippen LogP contribution in [0.15, 0.2) is 23.3 Å². The lowest BCUT2D eigenvalue weighted by Gasteiger charge is -2.58. The predicted molar refractivity (Wildman–Crippen MR) is 120 cm³/mol. The molecule has 0 radical (unpaired) electrons. The average molecular weight is 401 g/mol. The quantitative estimate of drug-likeness (QED) is 0.533. The maximum atomic E-state index is 10.2. The fourth-order valence-corrected chi connectivity index (χ4v) is 8.48. The number of allylic oxidation sites excluding steroid dienone is 2. The minimum absolute atomic E-state index is 0.0973. The third-order valence-electron chi connectivity index (χ3n) is 10.2. The van der Waals surface area contributed by atoms with Crippen molar-refractivity contribution in [2.45, 2.75) is 98.0 Å². The van der Waals surface area contributed by atoms with E-state index in [2.05, 4.69) is 32.9 Å². The van der Waals surface area contributed by atoms with Gasteiger partial charge in [0.1, 0.15) is 0 Å². The summed E-state index contributed by atoms with van der Waals surface area (Å²) < 4.78 is 0. The van der Waals surface area contributed by atoms with E-state index < -0.39 is 0 Å². The monoisotopic (exact) mass is 400 g/mol. The van der Waals surface area contributed by atoms with E-state index in [1.54, 1.807) is 5.57 Å². The molecule has 8 atom stereocenters. The van der Waals surface area contributed by atoms with Gasteiger partial charge in [0, 0.05) is 0 Å². The smallest absolute Gasteiger partial charge is 0.0639 e. The molecule has 29 heavy (non-hydrogen) atoms. The third-order valence-corrected chi connectivity index (χ3v) is 10.2. The molecule has 0 aromatic rings. The van der Waals surface area contributed by atoms with Crippen LogP contribution in [-0.4, -0.2) is 22.9 Å². The van der Waals surface area contributed by atoms with Gasteiger partial charge in [0.15, 0.2) is 0 Å². The Morgan fingerprint density at radius 3 is 2.72 bits per heavy atom. The van der Waals surface area contributed by atoms with Gasteiger partial charge in [-0.15, -0.1) is 0 Å². The molecule has 0 bridgehead atoms. The Labute approximate surface area is 178 Å². The molecule has 164 valence electrons. The maximum Gasteiger partial charge on any atom is 0.0639 e. The molecule has 2 heteroatoms. The van der Waals surface area contributed by atoms with Crippen LogP contribution in [0.5, 0.6) is 0 Å². The van der Waals surface area contributed by atoms with Gasteiger partial charge in [0.05, 0.1) is 12.7 Å². The third kappa shape index (κ3) is 3.67. The Bertz CT molecular complexity index is 663. The van der Waals surface area contributed by atoms with Gasteiger partial charge in [-0.3, -0.25) is 0 Å². The van der Waals surface area contributed by atoms with E-state index in [0.717, 1.165) is 54.4 Å². The largest absolute Gasteiger partial charge is 0.393 e. The molecular formula is C27H44O2. The summed E-state index contributed by atoms with van der Waals surface area (Å²) in [5, 5.41) is 19.5. The van der Waals surface area contributed by atoms with Gasteiger partial charge in [-0.05, 0) is 112 Å². The van der Waals surface area contributed by atoms with E-state index >= 15 is 0 Å². The minimum atomic E-state index is -0.0973. The first-order chi connectivity index (χ1) is 13.8. The summed E-state index contributed by atoms with van der Waals surface area (Å²) in [4.78, 5) is 0. The Hall–Kier alpha value is -0.600. The normalized spacial score (nSPS) is 45.8. The number of rotatable bonds is 5. The zero-order valence-corrected chi connectivity index (χ0v) is 19.3. The summed E-state index contributed by atoms with van der Waals surface area (Å²) in [7, 11) is 0. The molecule has 0 aromatic carbocycles. The number of fused-ring (bicyclic) bond motifs is 5. The molecule has 3 fully saturated rings. The number of aliphatic hydroxyl groups excluding tert-OH is 2. The summed E-state index contributed by atoms with van der Waals surface area (Å²) in [5.74, 6) is 4.25. The molecule has 3 saturated carbocycles. The minimum Gasteiger partial charge on any atom is -0.393 e. The summed E-state index contributed by atoms with van der Waals surface area (Å²) in [6, 6.07) is 0. The predicted octanol–water partition coefficient (Wildman–Crippen LogP) is 6.28. The zero-order valence-electron chi connectivity index (χ0n) is 19.3. The van der Waals surface area contributed by atoms with Gasteiger partial charge in [-0.1, -0.05) is 44.1 Å². The summed E-state index contributed by atoms with van der Waals surface area (Å²) in [6.45, 7) is 9.91. The van der Waals surface area contributed by atoms with Crippen LogP contribution in [0.2, 0.25) is 0 Å². The Kier molecular flexibility index (Phi) is 6.08. The van der Waals surface area contributed by atoms with Crippen LogP contribution >= 0.6 is 0 Å². The molecule has 4 aliphatic carbocycles. The number of aliphatic hydroxyl groups is 2. The Morgan fingerprint density at radius 1 is 1.17 bits per heavy atom. The van der Waals surface area contributed by atoms with Crippen LogP contribution in [0, 0.1) is 40.4 Å². The van der Waals surface area contributed by atoms with Gasteiger partial charge in [-0.2, -0.15) is 0 Å². The van der Waals surface area contributed by atoms with Crippen molar-refractivity contribution in [1.82, 2.24) is 0 Å². The highest BCUT2D eigenvalue weighted by atomic mass is 16.3. The Balaban J connectivity index is 1.48. The van der Waals surface area contributed by atoms with Gasteiger partial charge < -0.3 is 10.2 Å². The van der Waals surface area contributed by atoms with Crippen LogP contribution in [0.1, 0.15) is 91.9 Å². The maximum absolute atomic E-state index is 10.2. The second-order valence-corrected chi connectivity index (χ2v) is 11.6. The van der Waals surface area contributed by atoms with Gasteiger partial charge in [-0.25, -0.2) is 0 Å². The van der Waals surface area contributed by atoms with Crippen LogP contribution in [0.4, 0.5) is 0 Å². The van der Waals surface area contributed by atoms with E-state index in [9.17, 15) is 10.2 Å². The van der Waals surface area contributed by atoms with Crippen molar-refractivity contribution in [2.75, 3.05) is 6.61 Å². The number of hydrogen-bond donors (Lipinski definition) is 2. The zero-order chi connectivity index (χ0) is 20.8. The highest BCUT2D eigenvalue weighted by Gasteiger charge is 2.59. The lowest BCUT2D eigenvalue weighted by molar-refractivity contribution is -0.0571. The van der Waals surface area contributed by atoms with Crippen molar-refractivity contribution in [3.05, 3.63) is 23.3 Å². The van der Waals surface area contributed by atoms with E-state index in [1.807, 2.05) is 6.92 Å². The summed E-state index contributed by atoms with van der Waals surface area (Å²) in [5.41, 5.74) is 3.59. The van der Waals surface area contributed by atoms with E-state index in [0.29, 0.717) is 10.8 Å². The second-order valence-electron chi connectivity index (χ2n) is 11.6. The van der Waals surface area contributed by atoms with Gasteiger partial charge in [0.2, 0.25) is 0 Å². The number of hydrogen-bond acceptors (Lipinski definition) is 2. The SMILES string of the molecule is C/C(=C/CC[C@@H](C)[C@H]1CC[C@H]2[C@@H]3CC=C4CC(O)CC[C@]4(C)[C@H]3CC[C@]12C)CO. The average Bonchev–Trinajstić information content (AvgIpc) is 3.05. The fourth-order valence-electron chi connectivity index (χ4n) is 8.48. The van der Waals surface area contributed by atoms with Gasteiger partial charge >= 0.3 is 0 Å². The Morgan fingerprint density at radius 2 is 1.97 bits per heavy atom. The van der Waals surface area contributed by atoms with Crippen LogP contribution in [0.25, 0.3) is 0 Å². The van der Waals surface area contributed by atoms with Crippen molar-refractivity contribution in [3.63, 3.8) is 0 Å². The van der Waals surface area contributed by atoms with Crippen molar-refractivity contribution in [1.29, 1.82) is 0 Å². The van der Waals surface area contributed by atoms with Crippen LogP contribution < -0.4 is 0 Å². The molecule has 0 aromatic heterocycles. The molecule has 0 amide bonds.